The van der Waals surface area contributed by atoms with Gasteiger partial charge in [0.05, 0.1) is 11.5 Å². The second kappa shape index (κ2) is 4.41. The Balaban J connectivity index is 2.29. The minimum atomic E-state index is -1.12. The van der Waals surface area contributed by atoms with Crippen LogP contribution < -0.4 is 0 Å². The van der Waals surface area contributed by atoms with Crippen LogP contribution in [0, 0.1) is 5.41 Å². The van der Waals surface area contributed by atoms with Gasteiger partial charge >= 0.3 is 5.97 Å². The molecule has 2 amide bonds. The predicted octanol–water partition coefficient (Wildman–Crippen LogP) is 1.69. The molecular weight excluding hydrogens is 268 g/mol. The molecule has 1 aromatic heterocycles. The summed E-state index contributed by atoms with van der Waals surface area (Å²) in [4.78, 5) is 40.0. The Kier molecular flexibility index (Phi) is 3.17. The van der Waals surface area contributed by atoms with Crippen LogP contribution in [0.1, 0.15) is 48.7 Å². The second-order valence-corrected chi connectivity index (χ2v) is 6.07. The van der Waals surface area contributed by atoms with E-state index in [1.165, 1.54) is 10.3 Å². The van der Waals surface area contributed by atoms with Gasteiger partial charge in [-0.3, -0.25) is 14.5 Å². The summed E-state index contributed by atoms with van der Waals surface area (Å²) in [5.41, 5.74) is -0.761. The number of aromatic nitrogens is 1. The smallest absolute Gasteiger partial charge is 0.355 e. The molecule has 0 aromatic carbocycles. The Hall–Kier alpha value is -1.76. The fourth-order valence-corrected chi connectivity index (χ4v) is 2.90. The molecule has 1 aliphatic rings. The summed E-state index contributed by atoms with van der Waals surface area (Å²) in [5, 5.41) is 10.7. The van der Waals surface area contributed by atoms with Crippen molar-refractivity contribution in [2.45, 2.75) is 33.2 Å². The Morgan fingerprint density at radius 3 is 2.58 bits per heavy atom. The molecule has 1 atom stereocenters. The third-order valence-electron chi connectivity index (χ3n) is 3.15. The first-order valence-corrected chi connectivity index (χ1v) is 6.67. The van der Waals surface area contributed by atoms with Gasteiger partial charge in [-0.25, -0.2) is 9.78 Å². The van der Waals surface area contributed by atoms with Gasteiger partial charge in [-0.1, -0.05) is 13.8 Å². The van der Waals surface area contributed by atoms with Gasteiger partial charge in [-0.2, -0.15) is 0 Å². The van der Waals surface area contributed by atoms with Crippen molar-refractivity contribution >= 4 is 29.1 Å². The average molecular weight is 282 g/mol. The van der Waals surface area contributed by atoms with Crippen molar-refractivity contribution in [3.63, 3.8) is 0 Å². The van der Waals surface area contributed by atoms with Crippen LogP contribution in [-0.4, -0.2) is 32.8 Å². The molecule has 2 heterocycles. The molecule has 6 nitrogen and oxygen atoms in total. The first kappa shape index (κ1) is 13.7. The number of carboxylic acid groups (broad SMARTS) is 1. The van der Waals surface area contributed by atoms with Gasteiger partial charge < -0.3 is 5.11 Å². The summed E-state index contributed by atoms with van der Waals surface area (Å²) in [7, 11) is 0. The number of carboxylic acids is 1. The Labute approximate surface area is 114 Å². The van der Waals surface area contributed by atoms with Gasteiger partial charge in [0.2, 0.25) is 11.8 Å². The number of aromatic carboxylic acids is 1. The Morgan fingerprint density at radius 1 is 1.53 bits per heavy atom. The topological polar surface area (TPSA) is 87.6 Å². The molecule has 0 bridgehead atoms. The molecule has 0 aliphatic carbocycles. The van der Waals surface area contributed by atoms with E-state index < -0.39 is 17.4 Å². The fraction of sp³-hybridized carbons (Fsp3) is 0.500. The number of imide groups is 1. The minimum Gasteiger partial charge on any atom is -0.476 e. The van der Waals surface area contributed by atoms with Crippen LogP contribution >= 0.6 is 11.3 Å². The van der Waals surface area contributed by atoms with E-state index in [4.69, 9.17) is 5.11 Å². The predicted molar refractivity (Wildman–Crippen MR) is 67.7 cm³/mol. The molecule has 19 heavy (non-hydrogen) atoms. The summed E-state index contributed by atoms with van der Waals surface area (Å²) in [5.74, 6) is -1.60. The summed E-state index contributed by atoms with van der Waals surface area (Å²) in [6.45, 7) is 5.14. The highest BCUT2D eigenvalue weighted by Crippen LogP contribution is 2.37. The van der Waals surface area contributed by atoms with E-state index in [2.05, 4.69) is 4.98 Å². The number of likely N-dealkylation sites (tertiary alicyclic amines) is 1. The van der Waals surface area contributed by atoms with Crippen LogP contribution in [-0.2, 0) is 9.59 Å². The van der Waals surface area contributed by atoms with Crippen molar-refractivity contribution in [2.24, 2.45) is 5.41 Å². The third-order valence-corrected chi connectivity index (χ3v) is 4.16. The maximum Gasteiger partial charge on any atom is 0.355 e. The molecule has 1 fully saturated rings. The number of rotatable bonds is 3. The molecule has 0 spiro atoms. The number of nitrogens with zero attached hydrogens (tertiary/aromatic N) is 2. The lowest BCUT2D eigenvalue weighted by Crippen LogP contribution is -2.35. The molecule has 0 radical (unpaired) electrons. The van der Waals surface area contributed by atoms with E-state index in [1.807, 2.05) is 0 Å². The van der Waals surface area contributed by atoms with Crippen molar-refractivity contribution in [2.75, 3.05) is 0 Å². The first-order chi connectivity index (χ1) is 8.74. The van der Waals surface area contributed by atoms with Gasteiger partial charge in [0.1, 0.15) is 5.01 Å². The molecule has 1 N–H and O–H groups in total. The molecule has 1 saturated heterocycles. The molecule has 1 aromatic rings. The summed E-state index contributed by atoms with van der Waals surface area (Å²) in [6.07, 6.45) is 0.174. The van der Waals surface area contributed by atoms with Crippen molar-refractivity contribution in [1.29, 1.82) is 0 Å². The lowest BCUT2D eigenvalue weighted by atomic mass is 9.92. The lowest BCUT2D eigenvalue weighted by Gasteiger charge is -2.22. The van der Waals surface area contributed by atoms with Crippen LogP contribution in [0.3, 0.4) is 0 Å². The van der Waals surface area contributed by atoms with Crippen molar-refractivity contribution in [3.05, 3.63) is 16.1 Å². The van der Waals surface area contributed by atoms with Crippen LogP contribution in [0.25, 0.3) is 0 Å². The molecular formula is C12H14N2O4S. The van der Waals surface area contributed by atoms with Crippen molar-refractivity contribution in [3.8, 4) is 0 Å². The minimum absolute atomic E-state index is 0.0646. The Bertz CT molecular complexity index is 564. The number of hydrogen-bond acceptors (Lipinski definition) is 5. The van der Waals surface area contributed by atoms with Gasteiger partial charge in [0.15, 0.2) is 5.69 Å². The maximum atomic E-state index is 12.2. The number of amides is 2. The van der Waals surface area contributed by atoms with E-state index >= 15 is 0 Å². The van der Waals surface area contributed by atoms with Gasteiger partial charge in [-0.05, 0) is 6.92 Å². The van der Waals surface area contributed by atoms with Crippen LogP contribution in [0.2, 0.25) is 0 Å². The summed E-state index contributed by atoms with van der Waals surface area (Å²) in [6, 6.07) is -0.528. The molecule has 7 heteroatoms. The standard InChI is InChI=1S/C12H14N2O4S/c1-6(9-13-7(5-19-9)10(16)17)14-8(15)4-12(2,3)11(14)18/h5-6H,4H2,1-3H3,(H,16,17). The lowest BCUT2D eigenvalue weighted by molar-refractivity contribution is -0.143. The highest BCUT2D eigenvalue weighted by Gasteiger charge is 2.47. The van der Waals surface area contributed by atoms with Crippen molar-refractivity contribution in [1.82, 2.24) is 9.88 Å². The fourth-order valence-electron chi connectivity index (χ4n) is 2.06. The van der Waals surface area contributed by atoms with E-state index in [1.54, 1.807) is 20.8 Å². The van der Waals surface area contributed by atoms with Gasteiger partial charge in [0, 0.05) is 11.8 Å². The van der Waals surface area contributed by atoms with Gasteiger partial charge in [-0.15, -0.1) is 11.3 Å². The highest BCUT2D eigenvalue weighted by atomic mass is 32.1. The number of hydrogen-bond donors (Lipinski definition) is 1. The van der Waals surface area contributed by atoms with Crippen LogP contribution in [0.5, 0.6) is 0 Å². The van der Waals surface area contributed by atoms with Gasteiger partial charge in [0.25, 0.3) is 0 Å². The SMILES string of the molecule is CC(c1nc(C(=O)O)cs1)N1C(=O)CC(C)(C)C1=O. The largest absolute Gasteiger partial charge is 0.476 e. The maximum absolute atomic E-state index is 12.2. The average Bonchev–Trinajstić information content (AvgIpc) is 2.83. The molecule has 1 aliphatic heterocycles. The molecule has 2 rings (SSSR count). The number of carbonyl (C=O) groups is 3. The summed E-state index contributed by atoms with van der Waals surface area (Å²) >= 11 is 1.14. The first-order valence-electron chi connectivity index (χ1n) is 5.79. The zero-order valence-electron chi connectivity index (χ0n) is 10.8. The third kappa shape index (κ3) is 2.25. The zero-order chi connectivity index (χ0) is 14.4. The monoisotopic (exact) mass is 282 g/mol. The highest BCUT2D eigenvalue weighted by molar-refractivity contribution is 7.09. The van der Waals surface area contributed by atoms with E-state index in [0.717, 1.165) is 11.3 Å². The van der Waals surface area contributed by atoms with Crippen LogP contribution in [0.15, 0.2) is 5.38 Å². The quantitative estimate of drug-likeness (QED) is 0.852. The normalized spacial score (nSPS) is 19.8. The van der Waals surface area contributed by atoms with E-state index in [9.17, 15) is 14.4 Å². The van der Waals surface area contributed by atoms with Crippen LogP contribution in [0.4, 0.5) is 0 Å². The summed E-state index contributed by atoms with van der Waals surface area (Å²) < 4.78 is 0. The van der Waals surface area contributed by atoms with Crippen molar-refractivity contribution < 1.29 is 19.5 Å². The van der Waals surface area contributed by atoms with E-state index in [-0.39, 0.29) is 23.9 Å². The number of carbonyl (C=O) groups excluding carboxylic acids is 2. The zero-order valence-corrected chi connectivity index (χ0v) is 11.7. The molecule has 0 saturated carbocycles. The number of thiazole rings is 1. The second-order valence-electron chi connectivity index (χ2n) is 5.18. The Morgan fingerprint density at radius 2 is 2.16 bits per heavy atom. The van der Waals surface area contributed by atoms with E-state index in [0.29, 0.717) is 5.01 Å². The molecule has 1 unspecified atom stereocenters. The molecule has 102 valence electrons.